The van der Waals surface area contributed by atoms with Crippen LogP contribution in [-0.4, -0.2) is 9.36 Å². The Hall–Kier alpha value is -0.960. The molecule has 0 aliphatic carbocycles. The Morgan fingerprint density at radius 2 is 2.56 bits per heavy atom. The lowest BCUT2D eigenvalue weighted by atomic mass is 10.3. The quantitative estimate of drug-likeness (QED) is 0.547. The largest absolute Gasteiger partial charge is 0.262 e. The van der Waals surface area contributed by atoms with E-state index in [2.05, 4.69) is 14.7 Å². The Balaban J connectivity index is 2.95. The molecule has 3 heteroatoms. The Morgan fingerprint density at radius 1 is 1.56 bits per heavy atom. The average molecular weight is 135 g/mol. The Morgan fingerprint density at radius 3 is 3.44 bits per heavy atom. The molecule has 0 spiro atoms. The zero-order valence-corrected chi connectivity index (χ0v) is 5.35. The van der Waals surface area contributed by atoms with Gasteiger partial charge in [-0.25, -0.2) is 0 Å². The minimum atomic E-state index is 0.933. The molecule has 0 saturated carbocycles. The van der Waals surface area contributed by atoms with Crippen molar-refractivity contribution >= 4 is 22.4 Å². The van der Waals surface area contributed by atoms with Crippen LogP contribution in [0.25, 0.3) is 10.9 Å². The van der Waals surface area contributed by atoms with Crippen molar-refractivity contribution in [1.29, 1.82) is 0 Å². The summed E-state index contributed by atoms with van der Waals surface area (Å²) in [5, 5.41) is 4.06. The van der Waals surface area contributed by atoms with Gasteiger partial charge in [0.25, 0.3) is 0 Å². The van der Waals surface area contributed by atoms with E-state index >= 15 is 0 Å². The number of hydrogen-bond acceptors (Lipinski definition) is 3. The molecule has 43 valence electrons. The molecule has 0 aromatic carbocycles. The molecule has 2 heterocycles. The third-order valence-corrected chi connectivity index (χ3v) is 1.70. The zero-order chi connectivity index (χ0) is 6.10. The highest BCUT2D eigenvalue weighted by atomic mass is 32.1. The molecule has 0 N–H and O–H groups in total. The first-order chi connectivity index (χ1) is 4.47. The molecule has 0 unspecified atom stereocenters. The highest BCUT2D eigenvalue weighted by Gasteiger charge is 1.91. The summed E-state index contributed by atoms with van der Waals surface area (Å²) in [6, 6.07) is 1.90. The number of fused-ring (bicyclic) bond motifs is 1. The molecular formula is C6H3N2S. The number of pyridine rings is 1. The van der Waals surface area contributed by atoms with E-state index in [1.165, 1.54) is 11.5 Å². The topological polar surface area (TPSA) is 25.8 Å². The number of rotatable bonds is 0. The van der Waals surface area contributed by atoms with Crippen LogP contribution in [0.4, 0.5) is 0 Å². The van der Waals surface area contributed by atoms with E-state index in [9.17, 15) is 0 Å². The molecular weight excluding hydrogens is 132 g/mol. The smallest absolute Gasteiger partial charge is 0.103 e. The van der Waals surface area contributed by atoms with Gasteiger partial charge < -0.3 is 0 Å². The molecule has 2 nitrogen and oxygen atoms in total. The van der Waals surface area contributed by atoms with Gasteiger partial charge in [0.15, 0.2) is 0 Å². The maximum atomic E-state index is 4.04. The molecule has 0 aliphatic heterocycles. The lowest BCUT2D eigenvalue weighted by Crippen LogP contribution is -1.68. The van der Waals surface area contributed by atoms with Crippen LogP contribution < -0.4 is 0 Å². The fraction of sp³-hybridized carbons (Fsp3) is 0. The first-order valence-corrected chi connectivity index (χ1v) is 3.31. The van der Waals surface area contributed by atoms with Crippen molar-refractivity contribution in [1.82, 2.24) is 9.36 Å². The fourth-order valence-electron chi connectivity index (χ4n) is 0.666. The van der Waals surface area contributed by atoms with E-state index in [4.69, 9.17) is 0 Å². The summed E-state index contributed by atoms with van der Waals surface area (Å²) in [4.78, 5) is 3.91. The minimum Gasteiger partial charge on any atom is -0.262 e. The van der Waals surface area contributed by atoms with Crippen LogP contribution >= 0.6 is 11.5 Å². The van der Waals surface area contributed by atoms with Crippen LogP contribution in [0, 0.1) is 5.38 Å². The van der Waals surface area contributed by atoms with E-state index in [-0.39, 0.29) is 0 Å². The normalized spacial score (nSPS) is 10.2. The average Bonchev–Trinajstić information content (AvgIpc) is 2.33. The molecule has 0 amide bonds. The molecule has 0 bridgehead atoms. The first kappa shape index (κ1) is 4.88. The summed E-state index contributed by atoms with van der Waals surface area (Å²) in [5.41, 5.74) is 0.933. The van der Waals surface area contributed by atoms with Gasteiger partial charge in [-0.1, -0.05) is 0 Å². The van der Waals surface area contributed by atoms with Crippen LogP contribution in [0.2, 0.25) is 0 Å². The molecule has 2 rings (SSSR count). The number of hydrogen-bond donors (Lipinski definition) is 0. The van der Waals surface area contributed by atoms with Gasteiger partial charge in [-0.2, -0.15) is 4.37 Å². The van der Waals surface area contributed by atoms with Crippen LogP contribution in [0.5, 0.6) is 0 Å². The predicted octanol–water partition coefficient (Wildman–Crippen LogP) is 1.49. The second-order valence-electron chi connectivity index (χ2n) is 1.68. The first-order valence-electron chi connectivity index (χ1n) is 2.54. The van der Waals surface area contributed by atoms with Gasteiger partial charge in [0, 0.05) is 11.6 Å². The van der Waals surface area contributed by atoms with Gasteiger partial charge >= 0.3 is 0 Å². The summed E-state index contributed by atoms with van der Waals surface area (Å²) >= 11 is 1.34. The lowest BCUT2D eigenvalue weighted by Gasteiger charge is -1.79. The van der Waals surface area contributed by atoms with Gasteiger partial charge in [-0.3, -0.25) is 4.98 Å². The maximum absolute atomic E-state index is 4.04. The summed E-state index contributed by atoms with van der Waals surface area (Å²) < 4.78 is 4.04. The lowest BCUT2D eigenvalue weighted by molar-refractivity contribution is 1.35. The Kier molecular flexibility index (Phi) is 0.960. The number of nitrogens with zero attached hydrogens (tertiary/aromatic N) is 2. The van der Waals surface area contributed by atoms with E-state index in [0.29, 0.717) is 0 Å². The van der Waals surface area contributed by atoms with Crippen LogP contribution in [0.1, 0.15) is 0 Å². The molecule has 0 saturated heterocycles. The molecule has 9 heavy (non-hydrogen) atoms. The summed E-state index contributed by atoms with van der Waals surface area (Å²) in [5.74, 6) is 0. The van der Waals surface area contributed by atoms with Crippen molar-refractivity contribution in [2.45, 2.75) is 0 Å². The highest BCUT2D eigenvalue weighted by molar-refractivity contribution is 7.04. The van der Waals surface area contributed by atoms with Crippen LogP contribution in [0.15, 0.2) is 18.5 Å². The van der Waals surface area contributed by atoms with Crippen LogP contribution in [0.3, 0.4) is 0 Å². The van der Waals surface area contributed by atoms with Gasteiger partial charge in [-0.05, 0) is 17.6 Å². The molecule has 0 atom stereocenters. The molecule has 1 radical (unpaired) electrons. The number of aromatic nitrogens is 2. The molecule has 2 aromatic heterocycles. The third kappa shape index (κ3) is 0.695. The van der Waals surface area contributed by atoms with Crippen molar-refractivity contribution in [2.24, 2.45) is 0 Å². The van der Waals surface area contributed by atoms with Gasteiger partial charge in [0.2, 0.25) is 0 Å². The summed E-state index contributed by atoms with van der Waals surface area (Å²) in [6.45, 7) is 0. The Labute approximate surface area is 56.3 Å². The third-order valence-electron chi connectivity index (χ3n) is 1.10. The van der Waals surface area contributed by atoms with Crippen molar-refractivity contribution < 1.29 is 0 Å². The van der Waals surface area contributed by atoms with Crippen molar-refractivity contribution in [3.8, 4) is 0 Å². The van der Waals surface area contributed by atoms with E-state index in [1.807, 2.05) is 6.07 Å². The predicted molar refractivity (Wildman–Crippen MR) is 36.3 cm³/mol. The maximum Gasteiger partial charge on any atom is 0.103 e. The van der Waals surface area contributed by atoms with Crippen LogP contribution in [-0.2, 0) is 0 Å². The highest BCUT2D eigenvalue weighted by Crippen LogP contribution is 2.10. The van der Waals surface area contributed by atoms with Gasteiger partial charge in [-0.15, -0.1) is 0 Å². The SMILES string of the molecule is [c]1snc2cnccc12. The molecule has 2 aromatic rings. The molecule has 0 aliphatic rings. The van der Waals surface area contributed by atoms with Crippen molar-refractivity contribution in [3.63, 3.8) is 0 Å². The second kappa shape index (κ2) is 1.77. The fourth-order valence-corrected chi connectivity index (χ4v) is 1.23. The van der Waals surface area contributed by atoms with E-state index in [0.717, 1.165) is 10.9 Å². The zero-order valence-electron chi connectivity index (χ0n) is 4.53. The monoisotopic (exact) mass is 135 g/mol. The standard InChI is InChI=1S/C6H3N2S/c1-2-7-3-6-5(1)4-9-8-6/h1-3H. The summed E-state index contributed by atoms with van der Waals surface area (Å²) in [7, 11) is 0. The van der Waals surface area contributed by atoms with E-state index in [1.54, 1.807) is 12.4 Å². The van der Waals surface area contributed by atoms with Crippen molar-refractivity contribution in [3.05, 3.63) is 23.8 Å². The van der Waals surface area contributed by atoms with Gasteiger partial charge in [0.1, 0.15) is 5.52 Å². The second-order valence-corrected chi connectivity index (χ2v) is 2.25. The van der Waals surface area contributed by atoms with E-state index < -0.39 is 0 Å². The Bertz CT molecular complexity index is 285. The van der Waals surface area contributed by atoms with Gasteiger partial charge in [0.05, 0.1) is 11.6 Å². The minimum absolute atomic E-state index is 0.933. The summed E-state index contributed by atoms with van der Waals surface area (Å²) in [6.07, 6.45) is 3.48. The molecule has 0 fully saturated rings. The van der Waals surface area contributed by atoms with Crippen molar-refractivity contribution in [2.75, 3.05) is 0 Å².